The van der Waals surface area contributed by atoms with Gasteiger partial charge in [-0.3, -0.25) is 4.79 Å². The number of nitrogens with zero attached hydrogens (tertiary/aromatic N) is 1. The van der Waals surface area contributed by atoms with E-state index in [4.69, 9.17) is 5.73 Å². The van der Waals surface area contributed by atoms with Crippen LogP contribution in [0, 0.1) is 6.92 Å². The standard InChI is InChI=1S/C17H15N3O2/c1-10-6-7-15(21)16-12(10)8-11-4-2-3-5-13(11)20-14(9-19-16)17(18)22/h2-9,20-21H,1H3,(H2,18,22). The normalized spacial score (nSPS) is 10.6. The van der Waals surface area contributed by atoms with E-state index < -0.39 is 5.91 Å². The number of phenols is 1. The first kappa shape index (κ1) is 13.9. The van der Waals surface area contributed by atoms with Gasteiger partial charge in [0.1, 0.15) is 17.0 Å². The monoisotopic (exact) mass is 293 g/mol. The van der Waals surface area contributed by atoms with Crippen LogP contribution in [0.3, 0.4) is 0 Å². The molecule has 1 aromatic heterocycles. The minimum Gasteiger partial charge on any atom is -0.506 e. The number of rotatable bonds is 1. The highest BCUT2D eigenvalue weighted by Gasteiger charge is 2.05. The highest BCUT2D eigenvalue weighted by Crippen LogP contribution is 2.25. The molecule has 1 amide bonds. The fraction of sp³-hybridized carbons (Fsp3) is 0.0588. The van der Waals surface area contributed by atoms with Crippen molar-refractivity contribution in [3.05, 3.63) is 59.9 Å². The van der Waals surface area contributed by atoms with Gasteiger partial charge in [0.15, 0.2) is 0 Å². The minimum atomic E-state index is -0.617. The maximum absolute atomic E-state index is 11.6. The van der Waals surface area contributed by atoms with E-state index in [1.165, 1.54) is 6.20 Å². The summed E-state index contributed by atoms with van der Waals surface area (Å²) < 4.78 is 0. The molecule has 4 N–H and O–H groups in total. The predicted molar refractivity (Wildman–Crippen MR) is 86.1 cm³/mol. The number of aromatic hydroxyl groups is 1. The maximum Gasteiger partial charge on any atom is 0.266 e. The Morgan fingerprint density at radius 2 is 2.00 bits per heavy atom. The number of fused-ring (bicyclic) bond motifs is 2. The van der Waals surface area contributed by atoms with Gasteiger partial charge in [-0.15, -0.1) is 0 Å². The predicted octanol–water partition coefficient (Wildman–Crippen LogP) is 2.95. The van der Waals surface area contributed by atoms with E-state index >= 15 is 0 Å². The topological polar surface area (TPSA) is 92.0 Å². The molecule has 0 saturated carbocycles. The third-order valence-electron chi connectivity index (χ3n) is 3.53. The lowest BCUT2D eigenvalue weighted by molar-refractivity contribution is 0.0995. The van der Waals surface area contributed by atoms with Gasteiger partial charge < -0.3 is 15.8 Å². The molecule has 0 spiro atoms. The van der Waals surface area contributed by atoms with Gasteiger partial charge in [-0.2, -0.15) is 0 Å². The van der Waals surface area contributed by atoms with Crippen molar-refractivity contribution in [1.29, 1.82) is 0 Å². The number of primary amides is 1. The summed E-state index contributed by atoms with van der Waals surface area (Å²) in [5.41, 5.74) is 7.68. The Hall–Kier alpha value is -3.08. The second-order valence-corrected chi connectivity index (χ2v) is 5.06. The third kappa shape index (κ3) is 2.44. The van der Waals surface area contributed by atoms with Crippen molar-refractivity contribution in [1.82, 2.24) is 9.97 Å². The quantitative estimate of drug-likeness (QED) is 0.644. The van der Waals surface area contributed by atoms with E-state index in [2.05, 4.69) is 9.97 Å². The smallest absolute Gasteiger partial charge is 0.266 e. The van der Waals surface area contributed by atoms with Gasteiger partial charge in [-0.25, -0.2) is 4.98 Å². The number of carbonyl (C=O) groups is 1. The number of amides is 1. The van der Waals surface area contributed by atoms with Crippen LogP contribution in [0.4, 0.5) is 0 Å². The first-order valence-electron chi connectivity index (χ1n) is 6.80. The molecule has 22 heavy (non-hydrogen) atoms. The number of hydrogen-bond acceptors (Lipinski definition) is 3. The van der Waals surface area contributed by atoms with E-state index in [1.54, 1.807) is 6.07 Å². The second kappa shape index (κ2) is 5.37. The second-order valence-electron chi connectivity index (χ2n) is 5.06. The zero-order valence-electron chi connectivity index (χ0n) is 12.0. The highest BCUT2D eigenvalue weighted by atomic mass is 16.3. The molecule has 0 fully saturated rings. The summed E-state index contributed by atoms with van der Waals surface area (Å²) in [6.45, 7) is 1.94. The number of aromatic nitrogens is 2. The van der Waals surface area contributed by atoms with Crippen LogP contribution in [0.1, 0.15) is 16.1 Å². The Kier molecular flexibility index (Phi) is 3.39. The summed E-state index contributed by atoms with van der Waals surface area (Å²) in [5, 5.41) is 11.8. The van der Waals surface area contributed by atoms with Crippen LogP contribution >= 0.6 is 0 Å². The molecule has 1 heterocycles. The van der Waals surface area contributed by atoms with Crippen molar-refractivity contribution < 1.29 is 9.90 Å². The van der Waals surface area contributed by atoms with Crippen molar-refractivity contribution in [2.24, 2.45) is 5.73 Å². The molecule has 0 aliphatic rings. The number of hydrogen-bond donors (Lipinski definition) is 3. The van der Waals surface area contributed by atoms with Gasteiger partial charge in [-0.05, 0) is 36.1 Å². The summed E-state index contributed by atoms with van der Waals surface area (Å²) in [4.78, 5) is 18.8. The van der Waals surface area contributed by atoms with E-state index in [1.807, 2.05) is 43.3 Å². The van der Waals surface area contributed by atoms with E-state index in [-0.39, 0.29) is 11.4 Å². The summed E-state index contributed by atoms with van der Waals surface area (Å²) in [6.07, 6.45) is 1.34. The number of benzene rings is 2. The fourth-order valence-corrected chi connectivity index (χ4v) is 2.34. The highest BCUT2D eigenvalue weighted by molar-refractivity contribution is 5.95. The molecule has 3 aromatic rings. The van der Waals surface area contributed by atoms with Gasteiger partial charge in [0.25, 0.3) is 5.91 Å². The summed E-state index contributed by atoms with van der Waals surface area (Å²) in [6, 6.07) is 12.9. The molecule has 5 heteroatoms. The molecular formula is C17H15N3O2. The molecule has 0 aliphatic heterocycles. The van der Waals surface area contributed by atoms with Gasteiger partial charge in [-0.1, -0.05) is 24.3 Å². The largest absolute Gasteiger partial charge is 0.506 e. The molecule has 0 saturated heterocycles. The van der Waals surface area contributed by atoms with E-state index in [0.717, 1.165) is 21.9 Å². The zero-order chi connectivity index (χ0) is 15.7. The van der Waals surface area contributed by atoms with Crippen molar-refractivity contribution in [2.75, 3.05) is 0 Å². The molecule has 0 unspecified atom stereocenters. The van der Waals surface area contributed by atoms with Crippen molar-refractivity contribution in [3.8, 4) is 5.75 Å². The zero-order valence-corrected chi connectivity index (χ0v) is 12.0. The van der Waals surface area contributed by atoms with Gasteiger partial charge >= 0.3 is 0 Å². The third-order valence-corrected chi connectivity index (χ3v) is 3.53. The van der Waals surface area contributed by atoms with Crippen LogP contribution in [0.5, 0.6) is 5.75 Å². The minimum absolute atomic E-state index is 0.0521. The van der Waals surface area contributed by atoms with Crippen LogP contribution in [0.2, 0.25) is 0 Å². The van der Waals surface area contributed by atoms with E-state index in [9.17, 15) is 9.90 Å². The molecule has 0 radical (unpaired) electrons. The first-order chi connectivity index (χ1) is 10.6. The molecule has 0 bridgehead atoms. The maximum atomic E-state index is 11.6. The number of H-pyrrole nitrogens is 1. The number of nitrogens with two attached hydrogens (primary N) is 1. The lowest BCUT2D eigenvalue weighted by Gasteiger charge is -2.01. The Balaban J connectivity index is 2.61. The lowest BCUT2D eigenvalue weighted by Crippen LogP contribution is -2.12. The van der Waals surface area contributed by atoms with Gasteiger partial charge in [0.05, 0.1) is 6.20 Å². The number of aryl methyl sites for hydroxylation is 1. The number of nitrogens with one attached hydrogen (secondary N) is 1. The number of para-hydroxylation sites is 1. The van der Waals surface area contributed by atoms with Crippen LogP contribution in [-0.2, 0) is 0 Å². The molecule has 2 aromatic carbocycles. The average Bonchev–Trinajstić information content (AvgIpc) is 2.58. The summed E-state index contributed by atoms with van der Waals surface area (Å²) in [5.74, 6) is -0.564. The van der Waals surface area contributed by atoms with Crippen LogP contribution < -0.4 is 5.73 Å². The Morgan fingerprint density at radius 3 is 2.77 bits per heavy atom. The van der Waals surface area contributed by atoms with E-state index in [0.29, 0.717) is 5.52 Å². The Labute approximate surface area is 126 Å². The van der Waals surface area contributed by atoms with Crippen molar-refractivity contribution in [2.45, 2.75) is 6.92 Å². The SMILES string of the molecule is Cc1ccc(O)c2ncc(C(N)=O)[nH]c3ccccc3cc12. The Morgan fingerprint density at radius 1 is 1.23 bits per heavy atom. The van der Waals surface area contributed by atoms with Crippen molar-refractivity contribution >= 4 is 27.7 Å². The van der Waals surface area contributed by atoms with Gasteiger partial charge in [0, 0.05) is 10.9 Å². The number of carbonyl (C=O) groups excluding carboxylic acids is 1. The number of phenolic OH excluding ortho intramolecular Hbond substituents is 1. The van der Waals surface area contributed by atoms with Gasteiger partial charge in [0.2, 0.25) is 0 Å². The molecule has 0 atom stereocenters. The summed E-state index contributed by atoms with van der Waals surface area (Å²) >= 11 is 0. The average molecular weight is 293 g/mol. The molecular weight excluding hydrogens is 278 g/mol. The molecule has 110 valence electrons. The Bertz CT molecular complexity index is 943. The van der Waals surface area contributed by atoms with Crippen molar-refractivity contribution in [3.63, 3.8) is 0 Å². The van der Waals surface area contributed by atoms with Crippen LogP contribution in [-0.4, -0.2) is 21.0 Å². The van der Waals surface area contributed by atoms with Crippen LogP contribution in [0.15, 0.2) is 48.7 Å². The lowest BCUT2D eigenvalue weighted by atomic mass is 10.1. The molecule has 3 rings (SSSR count). The molecule has 5 nitrogen and oxygen atoms in total. The summed E-state index contributed by atoms with van der Waals surface area (Å²) in [7, 11) is 0. The van der Waals surface area contributed by atoms with Crippen LogP contribution in [0.25, 0.3) is 21.8 Å². The first-order valence-corrected chi connectivity index (χ1v) is 6.80. The fourth-order valence-electron chi connectivity index (χ4n) is 2.34. The number of aromatic amines is 1. The molecule has 0 aliphatic carbocycles.